The number of halogens is 2. The summed E-state index contributed by atoms with van der Waals surface area (Å²) < 4.78 is 4.50. The van der Waals surface area contributed by atoms with Gasteiger partial charge in [-0.3, -0.25) is 4.98 Å². The Morgan fingerprint density at radius 3 is 2.68 bits per heavy atom. The highest BCUT2D eigenvalue weighted by atomic mass is 127. The molecule has 0 saturated carbocycles. The number of hydrogen-bond acceptors (Lipinski definition) is 5. The van der Waals surface area contributed by atoms with Crippen molar-refractivity contribution in [1.29, 1.82) is 0 Å². The summed E-state index contributed by atoms with van der Waals surface area (Å²) in [5.41, 5.74) is 8.84. The van der Waals surface area contributed by atoms with Gasteiger partial charge in [0.2, 0.25) is 0 Å². The van der Waals surface area contributed by atoms with Crippen molar-refractivity contribution in [3.05, 3.63) is 64.8 Å². The molecule has 0 fully saturated rings. The summed E-state index contributed by atoms with van der Waals surface area (Å²) in [4.78, 5) is 4.41. The van der Waals surface area contributed by atoms with Crippen molar-refractivity contribution in [3.63, 3.8) is 0 Å². The van der Waals surface area contributed by atoms with Crippen LogP contribution in [0.15, 0.2) is 48.7 Å². The summed E-state index contributed by atoms with van der Waals surface area (Å²) >= 11 is 8.39. The van der Waals surface area contributed by atoms with Gasteiger partial charge in [-0.05, 0) is 55.8 Å². The first-order valence-electron chi connectivity index (χ1n) is 8.79. The molecule has 3 rings (SSSR count). The van der Waals surface area contributed by atoms with E-state index in [0.29, 0.717) is 17.3 Å². The van der Waals surface area contributed by atoms with E-state index in [9.17, 15) is 5.11 Å². The molecule has 7 heteroatoms. The van der Waals surface area contributed by atoms with Crippen LogP contribution in [-0.4, -0.2) is 22.7 Å². The third-order valence-corrected chi connectivity index (χ3v) is 7.18. The van der Waals surface area contributed by atoms with Crippen molar-refractivity contribution in [3.8, 4) is 11.5 Å². The van der Waals surface area contributed by atoms with Gasteiger partial charge < -0.3 is 20.9 Å². The number of phenolic OH excluding ortho intramolecular Hbond substituents is 1. The highest BCUT2D eigenvalue weighted by Gasteiger charge is 2.42. The number of aromatic hydroxyl groups is 1. The second kappa shape index (κ2) is 8.02. The number of pyridine rings is 1. The summed E-state index contributed by atoms with van der Waals surface area (Å²) in [6, 6.07) is 12.7. The minimum absolute atomic E-state index is 0.212. The van der Waals surface area contributed by atoms with Crippen molar-refractivity contribution in [2.24, 2.45) is 5.73 Å². The maximum Gasteiger partial charge on any atom is 0.120 e. The average Bonchev–Trinajstić information content (AvgIpc) is 2.66. The quantitative estimate of drug-likeness (QED) is 0.254. The van der Waals surface area contributed by atoms with Gasteiger partial charge in [-0.2, -0.15) is 0 Å². The monoisotopic (exact) mass is 511 g/mol. The summed E-state index contributed by atoms with van der Waals surface area (Å²) in [5.74, 6) is 0.905. The Morgan fingerprint density at radius 2 is 1.96 bits per heavy atom. The Labute approximate surface area is 183 Å². The molecule has 1 unspecified atom stereocenters. The number of nitrogens with two attached hydrogens (primary N) is 1. The molecule has 0 bridgehead atoms. The maximum atomic E-state index is 10.2. The Hall–Kier alpha value is -1.61. The number of nitrogens with zero attached hydrogens (tertiary/aromatic N) is 1. The minimum Gasteiger partial charge on any atom is -0.508 e. The summed E-state index contributed by atoms with van der Waals surface area (Å²) in [7, 11) is 1.60. The highest BCUT2D eigenvalue weighted by Crippen LogP contribution is 2.40. The van der Waals surface area contributed by atoms with E-state index in [4.69, 9.17) is 22.1 Å². The largest absolute Gasteiger partial charge is 0.508 e. The van der Waals surface area contributed by atoms with Gasteiger partial charge in [-0.25, -0.2) is 0 Å². The van der Waals surface area contributed by atoms with Crippen LogP contribution in [0.1, 0.15) is 25.0 Å². The normalized spacial score (nSPS) is 14.1. The van der Waals surface area contributed by atoms with Gasteiger partial charge in [0.15, 0.2) is 0 Å². The van der Waals surface area contributed by atoms with Gasteiger partial charge in [-0.15, -0.1) is 0 Å². The van der Waals surface area contributed by atoms with Crippen LogP contribution in [0.3, 0.4) is 0 Å². The predicted octanol–water partition coefficient (Wildman–Crippen LogP) is 4.72. The lowest BCUT2D eigenvalue weighted by Crippen LogP contribution is -2.58. The molecule has 148 valence electrons. The topological polar surface area (TPSA) is 80.4 Å². The number of methoxy groups -OCH3 is 1. The number of alkyl halides is 1. The molecule has 0 radical (unpaired) electrons. The van der Waals surface area contributed by atoms with Gasteiger partial charge in [0.1, 0.15) is 15.0 Å². The lowest BCUT2D eigenvalue weighted by Gasteiger charge is -2.41. The molecule has 28 heavy (non-hydrogen) atoms. The fraction of sp³-hybridized carbons (Fsp3) is 0.286. The minimum atomic E-state index is -0.756. The van der Waals surface area contributed by atoms with Gasteiger partial charge in [-0.1, -0.05) is 40.3 Å². The lowest BCUT2D eigenvalue weighted by atomic mass is 9.87. The van der Waals surface area contributed by atoms with Crippen LogP contribution in [-0.2, 0) is 10.1 Å². The molecular weight excluding hydrogens is 489 g/mol. The maximum absolute atomic E-state index is 10.2. The van der Waals surface area contributed by atoms with Crippen LogP contribution >= 0.6 is 34.2 Å². The zero-order chi connectivity index (χ0) is 20.5. The standard InChI is InChI=1S/C21H23ClIN3O2/c1-20(2,26-12-13-10-15(28-3)5-7-19(13)27)21(23,24)17-8-9-25-18-11-14(22)4-6-16(17)18/h4-11,26-27H,12,24H2,1-3H3. The molecule has 1 heterocycles. The molecule has 4 N–H and O–H groups in total. The van der Waals surface area contributed by atoms with Gasteiger partial charge in [0.05, 0.1) is 12.6 Å². The highest BCUT2D eigenvalue weighted by molar-refractivity contribution is 14.1. The number of nitrogens with one attached hydrogen (secondary N) is 1. The van der Waals surface area contributed by atoms with Gasteiger partial charge in [0.25, 0.3) is 0 Å². The summed E-state index contributed by atoms with van der Waals surface area (Å²) in [5, 5.41) is 15.3. The molecule has 0 spiro atoms. The molecule has 2 aromatic carbocycles. The van der Waals surface area contributed by atoms with Crippen molar-refractivity contribution < 1.29 is 9.84 Å². The van der Waals surface area contributed by atoms with Gasteiger partial charge >= 0.3 is 0 Å². The Morgan fingerprint density at radius 1 is 1.21 bits per heavy atom. The number of ether oxygens (including phenoxy) is 1. The molecule has 3 aromatic rings. The van der Waals surface area contributed by atoms with E-state index >= 15 is 0 Å². The molecule has 0 aliphatic rings. The third-order valence-electron chi connectivity index (χ3n) is 5.01. The average molecular weight is 512 g/mol. The summed E-state index contributed by atoms with van der Waals surface area (Å²) in [6.45, 7) is 4.52. The Balaban J connectivity index is 1.92. The van der Waals surface area contributed by atoms with E-state index in [0.717, 1.165) is 22.0 Å². The van der Waals surface area contributed by atoms with Crippen LogP contribution in [0, 0.1) is 0 Å². The summed E-state index contributed by atoms with van der Waals surface area (Å²) in [6.07, 6.45) is 1.75. The second-order valence-electron chi connectivity index (χ2n) is 7.20. The Kier molecular flexibility index (Phi) is 6.05. The van der Waals surface area contributed by atoms with Crippen LogP contribution in [0.5, 0.6) is 11.5 Å². The first kappa shape index (κ1) is 21.1. The van der Waals surface area contributed by atoms with Crippen molar-refractivity contribution >= 4 is 45.1 Å². The predicted molar refractivity (Wildman–Crippen MR) is 122 cm³/mol. The van der Waals surface area contributed by atoms with E-state index < -0.39 is 9.08 Å². The fourth-order valence-corrected chi connectivity index (χ4v) is 3.88. The van der Waals surface area contributed by atoms with Crippen molar-refractivity contribution in [1.82, 2.24) is 10.3 Å². The molecular formula is C21H23ClIN3O2. The molecule has 0 amide bonds. The smallest absolute Gasteiger partial charge is 0.120 e. The van der Waals surface area contributed by atoms with Gasteiger partial charge in [0, 0.05) is 34.3 Å². The number of hydrogen-bond donors (Lipinski definition) is 3. The zero-order valence-corrected chi connectivity index (χ0v) is 18.9. The second-order valence-corrected chi connectivity index (χ2v) is 9.34. The SMILES string of the molecule is COc1ccc(O)c(CNC(C)(C)C(N)(I)c2ccnc3cc(Cl)ccc23)c1. The van der Waals surface area contributed by atoms with Crippen LogP contribution in [0.4, 0.5) is 0 Å². The number of rotatable bonds is 6. The molecule has 1 aromatic heterocycles. The molecule has 5 nitrogen and oxygen atoms in total. The van der Waals surface area contributed by atoms with E-state index in [1.165, 1.54) is 0 Å². The third kappa shape index (κ3) is 4.05. The lowest BCUT2D eigenvalue weighted by molar-refractivity contribution is 0.305. The van der Waals surface area contributed by atoms with E-state index in [-0.39, 0.29) is 5.75 Å². The molecule has 0 saturated heterocycles. The number of fused-ring (bicyclic) bond motifs is 1. The first-order valence-corrected chi connectivity index (χ1v) is 10.2. The van der Waals surface area contributed by atoms with Crippen LogP contribution in [0.25, 0.3) is 10.9 Å². The van der Waals surface area contributed by atoms with Crippen molar-refractivity contribution in [2.45, 2.75) is 29.5 Å². The number of aromatic nitrogens is 1. The van der Waals surface area contributed by atoms with E-state index in [2.05, 4.69) is 32.9 Å². The first-order chi connectivity index (χ1) is 13.2. The van der Waals surface area contributed by atoms with Crippen LogP contribution in [0.2, 0.25) is 5.02 Å². The number of phenols is 1. The van der Waals surface area contributed by atoms with Crippen molar-refractivity contribution in [2.75, 3.05) is 7.11 Å². The molecule has 1 atom stereocenters. The molecule has 0 aliphatic heterocycles. The van der Waals surface area contributed by atoms with E-state index in [1.807, 2.05) is 44.2 Å². The van der Waals surface area contributed by atoms with E-state index in [1.54, 1.807) is 25.4 Å². The van der Waals surface area contributed by atoms with Crippen LogP contribution < -0.4 is 15.8 Å². The molecule has 0 aliphatic carbocycles. The Bertz CT molecular complexity index is 1010. The fourth-order valence-electron chi connectivity index (χ4n) is 3.05. The zero-order valence-electron chi connectivity index (χ0n) is 16.0. The number of benzene rings is 2.